The number of anilines is 1. The number of carbonyl (C=O) groups is 1. The minimum absolute atomic E-state index is 0.103. The molecule has 0 atom stereocenters. The van der Waals surface area contributed by atoms with E-state index in [0.717, 1.165) is 11.1 Å². The van der Waals surface area contributed by atoms with E-state index >= 15 is 0 Å². The second-order valence-electron chi connectivity index (χ2n) is 4.11. The predicted molar refractivity (Wildman–Crippen MR) is 84.6 cm³/mol. The van der Waals surface area contributed by atoms with E-state index in [2.05, 4.69) is 16.2 Å². The number of rotatable bonds is 4. The molecule has 0 saturated heterocycles. The molecule has 3 nitrogen and oxygen atoms in total. The van der Waals surface area contributed by atoms with Crippen LogP contribution in [0.5, 0.6) is 0 Å². The number of benzene rings is 1. The third-order valence-electron chi connectivity index (χ3n) is 2.68. The molecule has 1 heterocycles. The summed E-state index contributed by atoms with van der Waals surface area (Å²) in [6, 6.07) is 11.7. The van der Waals surface area contributed by atoms with E-state index in [1.165, 1.54) is 11.8 Å². The average molecular weight is 282 g/mol. The molecular weight excluding hydrogens is 268 g/mol. The molecule has 0 fully saturated rings. The van der Waals surface area contributed by atoms with Crippen molar-refractivity contribution < 1.29 is 4.79 Å². The lowest BCUT2D eigenvalue weighted by Crippen LogP contribution is -2.15. The van der Waals surface area contributed by atoms with Gasteiger partial charge in [-0.25, -0.2) is 4.98 Å². The number of pyridine rings is 1. The first-order valence-electron chi connectivity index (χ1n) is 6.05. The smallest absolute Gasteiger partial charge is 0.235 e. The lowest BCUT2D eigenvalue weighted by molar-refractivity contribution is -0.113. The summed E-state index contributed by atoms with van der Waals surface area (Å²) in [5.74, 6) is 3.28. The Balaban J connectivity index is 2.30. The summed E-state index contributed by atoms with van der Waals surface area (Å²) < 4.78 is 0. The van der Waals surface area contributed by atoms with Crippen molar-refractivity contribution in [1.82, 2.24) is 4.98 Å². The summed E-state index contributed by atoms with van der Waals surface area (Å²) in [7, 11) is 0. The van der Waals surface area contributed by atoms with Gasteiger partial charge in [0.2, 0.25) is 5.91 Å². The van der Waals surface area contributed by atoms with E-state index < -0.39 is 0 Å². The van der Waals surface area contributed by atoms with Crippen LogP contribution in [0.4, 0.5) is 5.82 Å². The fourth-order valence-electron chi connectivity index (χ4n) is 1.76. The summed E-state index contributed by atoms with van der Waals surface area (Å²) in [5, 5.41) is 2.73. The van der Waals surface area contributed by atoms with Crippen LogP contribution in [0.25, 0.3) is 11.1 Å². The summed E-state index contributed by atoms with van der Waals surface area (Å²) in [6.07, 6.45) is 9.08. The molecule has 1 amide bonds. The van der Waals surface area contributed by atoms with E-state index in [1.54, 1.807) is 6.20 Å². The second kappa shape index (κ2) is 6.78. The molecule has 0 spiro atoms. The molecule has 2 aromatic rings. The van der Waals surface area contributed by atoms with Gasteiger partial charge in [0.05, 0.1) is 11.3 Å². The largest absolute Gasteiger partial charge is 0.309 e. The Morgan fingerprint density at radius 1 is 1.35 bits per heavy atom. The molecule has 0 unspecified atom stereocenters. The highest BCUT2D eigenvalue weighted by atomic mass is 32.2. The SMILES string of the molecule is C#Cc1cc(-c2ccccc2)cnc1NC(=O)CSC. The highest BCUT2D eigenvalue weighted by molar-refractivity contribution is 7.99. The van der Waals surface area contributed by atoms with Gasteiger partial charge in [-0.15, -0.1) is 6.42 Å². The number of hydrogen-bond acceptors (Lipinski definition) is 3. The molecule has 100 valence electrons. The van der Waals surface area contributed by atoms with Crippen molar-refractivity contribution in [2.75, 3.05) is 17.3 Å². The van der Waals surface area contributed by atoms with Gasteiger partial charge in [-0.1, -0.05) is 36.3 Å². The molecule has 0 aliphatic rings. The van der Waals surface area contributed by atoms with E-state index in [4.69, 9.17) is 6.42 Å². The maximum atomic E-state index is 11.6. The molecular formula is C16H14N2OS. The van der Waals surface area contributed by atoms with Gasteiger partial charge in [-0.2, -0.15) is 11.8 Å². The summed E-state index contributed by atoms with van der Waals surface area (Å²) in [4.78, 5) is 15.9. The lowest BCUT2D eigenvalue weighted by Gasteiger charge is -2.08. The molecule has 1 aromatic carbocycles. The predicted octanol–water partition coefficient (Wildman–Crippen LogP) is 3.03. The van der Waals surface area contributed by atoms with Crippen LogP contribution in [0.3, 0.4) is 0 Å². The van der Waals surface area contributed by atoms with E-state index in [0.29, 0.717) is 17.1 Å². The van der Waals surface area contributed by atoms with Crippen molar-refractivity contribution in [2.24, 2.45) is 0 Å². The normalized spacial score (nSPS) is 9.80. The number of nitrogens with one attached hydrogen (secondary N) is 1. The maximum absolute atomic E-state index is 11.6. The maximum Gasteiger partial charge on any atom is 0.235 e. The van der Waals surface area contributed by atoms with Gasteiger partial charge in [-0.3, -0.25) is 4.79 Å². The molecule has 0 saturated carbocycles. The first-order chi connectivity index (χ1) is 9.74. The van der Waals surface area contributed by atoms with Gasteiger partial charge >= 0.3 is 0 Å². The average Bonchev–Trinajstić information content (AvgIpc) is 2.49. The van der Waals surface area contributed by atoms with Gasteiger partial charge in [0, 0.05) is 11.8 Å². The first-order valence-corrected chi connectivity index (χ1v) is 7.45. The van der Waals surface area contributed by atoms with Gasteiger partial charge in [0.1, 0.15) is 5.82 Å². The highest BCUT2D eigenvalue weighted by Gasteiger charge is 2.08. The Kier molecular flexibility index (Phi) is 4.80. The number of nitrogens with zero attached hydrogens (tertiary/aromatic N) is 1. The topological polar surface area (TPSA) is 42.0 Å². The number of carbonyl (C=O) groups excluding carboxylic acids is 1. The Hall–Kier alpha value is -2.25. The quantitative estimate of drug-likeness (QED) is 0.876. The number of amides is 1. The Bertz CT molecular complexity index is 647. The summed E-state index contributed by atoms with van der Waals surface area (Å²) in [6.45, 7) is 0. The zero-order chi connectivity index (χ0) is 14.4. The van der Waals surface area contributed by atoms with Crippen LogP contribution in [0, 0.1) is 12.3 Å². The van der Waals surface area contributed by atoms with Crippen LogP contribution >= 0.6 is 11.8 Å². The fourth-order valence-corrected chi connectivity index (χ4v) is 2.10. The molecule has 2 rings (SSSR count). The summed E-state index contributed by atoms with van der Waals surface area (Å²) >= 11 is 1.45. The van der Waals surface area contributed by atoms with Crippen molar-refractivity contribution in [2.45, 2.75) is 0 Å². The van der Waals surface area contributed by atoms with Crippen molar-refractivity contribution in [3.8, 4) is 23.5 Å². The molecule has 0 aliphatic carbocycles. The van der Waals surface area contributed by atoms with Crippen LogP contribution in [0.2, 0.25) is 0 Å². The molecule has 1 aromatic heterocycles. The van der Waals surface area contributed by atoms with Crippen molar-refractivity contribution >= 4 is 23.5 Å². The van der Waals surface area contributed by atoms with Crippen molar-refractivity contribution in [3.05, 3.63) is 48.2 Å². The molecule has 20 heavy (non-hydrogen) atoms. The zero-order valence-corrected chi connectivity index (χ0v) is 11.9. The first kappa shape index (κ1) is 14.2. The van der Waals surface area contributed by atoms with Crippen molar-refractivity contribution in [3.63, 3.8) is 0 Å². The second-order valence-corrected chi connectivity index (χ2v) is 4.98. The van der Waals surface area contributed by atoms with Gasteiger partial charge in [-0.05, 0) is 17.9 Å². The molecule has 1 N–H and O–H groups in total. The van der Waals surface area contributed by atoms with E-state index in [1.807, 2.05) is 42.7 Å². The minimum Gasteiger partial charge on any atom is -0.309 e. The number of terminal acetylenes is 1. The molecule has 0 radical (unpaired) electrons. The Labute approximate surface area is 122 Å². The fraction of sp³-hybridized carbons (Fsp3) is 0.125. The van der Waals surface area contributed by atoms with Crippen molar-refractivity contribution in [1.29, 1.82) is 0 Å². The van der Waals surface area contributed by atoms with Crippen LogP contribution in [0.15, 0.2) is 42.6 Å². The van der Waals surface area contributed by atoms with Crippen LogP contribution in [0.1, 0.15) is 5.56 Å². The number of thioether (sulfide) groups is 1. The van der Waals surface area contributed by atoms with Crippen LogP contribution in [-0.4, -0.2) is 22.9 Å². The number of hydrogen-bond donors (Lipinski definition) is 1. The van der Waals surface area contributed by atoms with Crippen LogP contribution in [-0.2, 0) is 4.79 Å². The van der Waals surface area contributed by atoms with Gasteiger partial charge in [0.15, 0.2) is 0 Å². The molecule has 0 bridgehead atoms. The van der Waals surface area contributed by atoms with Gasteiger partial charge < -0.3 is 5.32 Å². The van der Waals surface area contributed by atoms with Crippen LogP contribution < -0.4 is 5.32 Å². The minimum atomic E-state index is -0.103. The Morgan fingerprint density at radius 3 is 2.75 bits per heavy atom. The lowest BCUT2D eigenvalue weighted by atomic mass is 10.1. The molecule has 4 heteroatoms. The number of aromatic nitrogens is 1. The Morgan fingerprint density at radius 2 is 2.10 bits per heavy atom. The molecule has 0 aliphatic heterocycles. The highest BCUT2D eigenvalue weighted by Crippen LogP contribution is 2.22. The third-order valence-corrected chi connectivity index (χ3v) is 3.23. The monoisotopic (exact) mass is 282 g/mol. The van der Waals surface area contributed by atoms with E-state index in [9.17, 15) is 4.79 Å². The standard InChI is InChI=1S/C16H14N2OS/c1-3-12-9-14(13-7-5-4-6-8-13)10-17-16(12)18-15(19)11-20-2/h1,4-10H,11H2,2H3,(H,17,18,19). The van der Waals surface area contributed by atoms with Gasteiger partial charge in [0.25, 0.3) is 0 Å². The third kappa shape index (κ3) is 3.40. The zero-order valence-electron chi connectivity index (χ0n) is 11.1. The van der Waals surface area contributed by atoms with E-state index in [-0.39, 0.29) is 5.91 Å². The summed E-state index contributed by atoms with van der Waals surface area (Å²) in [5.41, 5.74) is 2.56.